The summed E-state index contributed by atoms with van der Waals surface area (Å²) in [4.78, 5) is 0. The van der Waals surface area contributed by atoms with Crippen molar-refractivity contribution in [3.63, 3.8) is 0 Å². The Kier molecular flexibility index (Phi) is 5.62. The van der Waals surface area contributed by atoms with Crippen LogP contribution in [0.4, 0.5) is 0 Å². The molecule has 1 atom stereocenters. The van der Waals surface area contributed by atoms with E-state index >= 15 is 0 Å². The van der Waals surface area contributed by atoms with E-state index in [0.717, 1.165) is 25.7 Å². The van der Waals surface area contributed by atoms with Crippen molar-refractivity contribution in [3.8, 4) is 0 Å². The SMILES string of the molecule is CCC(CC)(CC)[C@H](O)CC(C)C. The van der Waals surface area contributed by atoms with E-state index in [0.29, 0.717) is 5.92 Å². The maximum absolute atomic E-state index is 10.1. The number of hydrogen-bond donors (Lipinski definition) is 1. The van der Waals surface area contributed by atoms with Gasteiger partial charge in [0.1, 0.15) is 0 Å². The van der Waals surface area contributed by atoms with E-state index in [9.17, 15) is 5.11 Å². The van der Waals surface area contributed by atoms with Gasteiger partial charge in [-0.05, 0) is 37.0 Å². The van der Waals surface area contributed by atoms with Crippen LogP contribution in [0.25, 0.3) is 0 Å². The van der Waals surface area contributed by atoms with Crippen LogP contribution in [-0.2, 0) is 0 Å². The predicted octanol–water partition coefficient (Wildman–Crippen LogP) is 3.61. The minimum atomic E-state index is -0.118. The average molecular weight is 186 g/mol. The van der Waals surface area contributed by atoms with E-state index in [-0.39, 0.29) is 11.5 Å². The lowest BCUT2D eigenvalue weighted by molar-refractivity contribution is 0.0000803. The maximum Gasteiger partial charge on any atom is 0.0598 e. The van der Waals surface area contributed by atoms with E-state index in [1.54, 1.807) is 0 Å². The lowest BCUT2D eigenvalue weighted by Crippen LogP contribution is -2.34. The quantitative estimate of drug-likeness (QED) is 0.672. The Bertz CT molecular complexity index is 117. The molecule has 1 N–H and O–H groups in total. The first kappa shape index (κ1) is 13.0. The Morgan fingerprint density at radius 1 is 1.00 bits per heavy atom. The van der Waals surface area contributed by atoms with Gasteiger partial charge in [0, 0.05) is 0 Å². The van der Waals surface area contributed by atoms with Gasteiger partial charge in [0.15, 0.2) is 0 Å². The highest BCUT2D eigenvalue weighted by Crippen LogP contribution is 2.36. The van der Waals surface area contributed by atoms with Crippen molar-refractivity contribution in [1.82, 2.24) is 0 Å². The van der Waals surface area contributed by atoms with Gasteiger partial charge in [0.05, 0.1) is 6.10 Å². The van der Waals surface area contributed by atoms with Gasteiger partial charge in [-0.15, -0.1) is 0 Å². The Morgan fingerprint density at radius 3 is 1.62 bits per heavy atom. The standard InChI is InChI=1S/C12H26O/c1-6-12(7-2,8-3)11(13)9-10(4)5/h10-11,13H,6-9H2,1-5H3/t11-/m1/s1. The normalized spacial score (nSPS) is 15.0. The number of hydrogen-bond acceptors (Lipinski definition) is 1. The molecule has 0 radical (unpaired) electrons. The topological polar surface area (TPSA) is 20.2 Å². The van der Waals surface area contributed by atoms with Crippen LogP contribution in [0.5, 0.6) is 0 Å². The third-order valence-corrected chi connectivity index (χ3v) is 3.51. The molecule has 80 valence electrons. The van der Waals surface area contributed by atoms with Crippen LogP contribution in [0.15, 0.2) is 0 Å². The molecule has 0 aromatic heterocycles. The summed E-state index contributed by atoms with van der Waals surface area (Å²) >= 11 is 0. The summed E-state index contributed by atoms with van der Waals surface area (Å²) < 4.78 is 0. The fourth-order valence-corrected chi connectivity index (χ4v) is 2.15. The summed E-state index contributed by atoms with van der Waals surface area (Å²) in [6, 6.07) is 0. The van der Waals surface area contributed by atoms with Crippen LogP contribution in [0.1, 0.15) is 60.3 Å². The predicted molar refractivity (Wildman–Crippen MR) is 58.8 cm³/mol. The van der Waals surface area contributed by atoms with E-state index in [1.165, 1.54) is 0 Å². The molecule has 0 fully saturated rings. The lowest BCUT2D eigenvalue weighted by atomic mass is 9.72. The van der Waals surface area contributed by atoms with Crippen molar-refractivity contribution < 1.29 is 5.11 Å². The van der Waals surface area contributed by atoms with Crippen LogP contribution >= 0.6 is 0 Å². The molecular weight excluding hydrogens is 160 g/mol. The molecule has 0 amide bonds. The van der Waals surface area contributed by atoms with Gasteiger partial charge in [-0.2, -0.15) is 0 Å². The highest BCUT2D eigenvalue weighted by atomic mass is 16.3. The van der Waals surface area contributed by atoms with Crippen molar-refractivity contribution in [2.24, 2.45) is 11.3 Å². The van der Waals surface area contributed by atoms with Crippen LogP contribution in [0.3, 0.4) is 0 Å². The highest BCUT2D eigenvalue weighted by molar-refractivity contribution is 4.83. The molecule has 13 heavy (non-hydrogen) atoms. The summed E-state index contributed by atoms with van der Waals surface area (Å²) in [6.45, 7) is 10.9. The summed E-state index contributed by atoms with van der Waals surface area (Å²) in [5, 5.41) is 10.1. The Labute approximate surface area is 83.5 Å². The molecule has 0 aliphatic carbocycles. The number of aliphatic hydroxyl groups excluding tert-OH is 1. The first-order valence-electron chi connectivity index (χ1n) is 5.70. The van der Waals surface area contributed by atoms with Gasteiger partial charge >= 0.3 is 0 Å². The molecule has 1 heteroatoms. The van der Waals surface area contributed by atoms with E-state index in [4.69, 9.17) is 0 Å². The van der Waals surface area contributed by atoms with E-state index < -0.39 is 0 Å². The molecular formula is C12H26O. The van der Waals surface area contributed by atoms with Crippen molar-refractivity contribution in [1.29, 1.82) is 0 Å². The summed E-state index contributed by atoms with van der Waals surface area (Å²) in [5.41, 5.74) is 0.171. The monoisotopic (exact) mass is 186 g/mol. The Morgan fingerprint density at radius 2 is 1.38 bits per heavy atom. The van der Waals surface area contributed by atoms with Crippen molar-refractivity contribution in [2.75, 3.05) is 0 Å². The van der Waals surface area contributed by atoms with Gasteiger partial charge in [-0.1, -0.05) is 34.6 Å². The smallest absolute Gasteiger partial charge is 0.0598 e. The van der Waals surface area contributed by atoms with Gasteiger partial charge < -0.3 is 5.11 Å². The second-order valence-electron chi connectivity index (χ2n) is 4.57. The highest BCUT2D eigenvalue weighted by Gasteiger charge is 2.32. The minimum absolute atomic E-state index is 0.118. The summed E-state index contributed by atoms with van der Waals surface area (Å²) in [6.07, 6.45) is 4.10. The van der Waals surface area contributed by atoms with Gasteiger partial charge in [0.2, 0.25) is 0 Å². The fraction of sp³-hybridized carbons (Fsp3) is 1.00. The number of rotatable bonds is 6. The first-order chi connectivity index (χ1) is 6.02. The van der Waals surface area contributed by atoms with Crippen LogP contribution in [-0.4, -0.2) is 11.2 Å². The zero-order chi connectivity index (χ0) is 10.5. The molecule has 0 heterocycles. The Hall–Kier alpha value is -0.0400. The molecule has 0 rings (SSSR count). The Balaban J connectivity index is 4.34. The molecule has 1 nitrogen and oxygen atoms in total. The minimum Gasteiger partial charge on any atom is -0.393 e. The average Bonchev–Trinajstić information content (AvgIpc) is 2.07. The fourth-order valence-electron chi connectivity index (χ4n) is 2.15. The number of aliphatic hydroxyl groups is 1. The van der Waals surface area contributed by atoms with Crippen molar-refractivity contribution in [3.05, 3.63) is 0 Å². The second-order valence-corrected chi connectivity index (χ2v) is 4.57. The second kappa shape index (κ2) is 5.64. The van der Waals surface area contributed by atoms with Crippen molar-refractivity contribution in [2.45, 2.75) is 66.4 Å². The van der Waals surface area contributed by atoms with Gasteiger partial charge in [-0.25, -0.2) is 0 Å². The van der Waals surface area contributed by atoms with Crippen LogP contribution < -0.4 is 0 Å². The largest absolute Gasteiger partial charge is 0.393 e. The lowest BCUT2D eigenvalue weighted by Gasteiger charge is -2.36. The van der Waals surface area contributed by atoms with Crippen molar-refractivity contribution >= 4 is 0 Å². The zero-order valence-corrected chi connectivity index (χ0v) is 9.93. The third-order valence-electron chi connectivity index (χ3n) is 3.51. The molecule has 0 bridgehead atoms. The van der Waals surface area contributed by atoms with Gasteiger partial charge in [0.25, 0.3) is 0 Å². The van der Waals surface area contributed by atoms with E-state index in [1.807, 2.05) is 0 Å². The first-order valence-corrected chi connectivity index (χ1v) is 5.70. The summed E-state index contributed by atoms with van der Waals surface area (Å²) in [7, 11) is 0. The molecule has 0 saturated carbocycles. The molecule has 0 aromatic carbocycles. The molecule has 0 spiro atoms. The maximum atomic E-state index is 10.1. The van der Waals surface area contributed by atoms with Crippen LogP contribution in [0.2, 0.25) is 0 Å². The van der Waals surface area contributed by atoms with E-state index in [2.05, 4.69) is 34.6 Å². The molecule has 0 aromatic rings. The van der Waals surface area contributed by atoms with Gasteiger partial charge in [-0.3, -0.25) is 0 Å². The molecule has 0 saturated heterocycles. The zero-order valence-electron chi connectivity index (χ0n) is 9.93. The third kappa shape index (κ3) is 3.30. The molecule has 0 aliphatic rings. The molecule has 0 aliphatic heterocycles. The summed E-state index contributed by atoms with van der Waals surface area (Å²) in [5.74, 6) is 0.596. The van der Waals surface area contributed by atoms with Crippen LogP contribution in [0, 0.1) is 11.3 Å². The molecule has 0 unspecified atom stereocenters.